The van der Waals surface area contributed by atoms with Gasteiger partial charge in [0.25, 0.3) is 0 Å². The van der Waals surface area contributed by atoms with Crippen LogP contribution in [-0.4, -0.2) is 17.6 Å². The number of halogens is 1. The minimum atomic E-state index is -0.950. The van der Waals surface area contributed by atoms with Gasteiger partial charge in [0.2, 0.25) is 0 Å². The van der Waals surface area contributed by atoms with Crippen LogP contribution in [-0.2, 0) is 37.5 Å². The van der Waals surface area contributed by atoms with Gasteiger partial charge in [-0.25, -0.2) is 0 Å². The summed E-state index contributed by atoms with van der Waals surface area (Å²) in [5, 5.41) is 10.1. The minimum Gasteiger partial charge on any atom is -0.482 e. The van der Waals surface area contributed by atoms with E-state index in [1.165, 1.54) is 0 Å². The summed E-state index contributed by atoms with van der Waals surface area (Å²) in [6, 6.07) is 13.2. The van der Waals surface area contributed by atoms with Gasteiger partial charge in [-0.1, -0.05) is 11.6 Å². The van der Waals surface area contributed by atoms with Crippen LogP contribution in [0.25, 0.3) is 0 Å². The van der Waals surface area contributed by atoms with Crippen LogP contribution >= 0.6 is 11.6 Å². The van der Waals surface area contributed by atoms with Gasteiger partial charge in [0.15, 0.2) is 0 Å². The first-order chi connectivity index (χ1) is 10.1. The molecule has 0 saturated heterocycles. The molecule has 0 fully saturated rings. The van der Waals surface area contributed by atoms with E-state index < -0.39 is 17.8 Å². The Bertz CT molecular complexity index is 708. The fraction of sp³-hybridized carbons (Fsp3) is 0.188. The second-order valence-corrected chi connectivity index (χ2v) is 5.34. The number of benzene rings is 2. The quantitative estimate of drug-likeness (QED) is 0.771. The molecule has 1 radical (unpaired) electrons. The zero-order chi connectivity index (χ0) is 15.0. The van der Waals surface area contributed by atoms with Crippen molar-refractivity contribution in [3.63, 3.8) is 0 Å². The second-order valence-electron chi connectivity index (χ2n) is 4.91. The summed E-state index contributed by atoms with van der Waals surface area (Å²) in [6.45, 7) is 0.192. The molecule has 1 unspecified atom stereocenters. The minimum absolute atomic E-state index is 0. The fourth-order valence-electron chi connectivity index (χ4n) is 2.75. The zero-order valence-corrected chi connectivity index (χ0v) is 15.2. The van der Waals surface area contributed by atoms with E-state index in [0.29, 0.717) is 22.1 Å². The summed E-state index contributed by atoms with van der Waals surface area (Å²) in [5.74, 6) is -1.04. The number of hydrogen-bond donors (Lipinski definition) is 2. The number of ether oxygens (including phenoxy) is 1. The fourth-order valence-corrected chi connectivity index (χ4v) is 2.93. The monoisotopic (exact) mass is 391 g/mol. The van der Waals surface area contributed by atoms with Crippen LogP contribution in [0.1, 0.15) is 23.0 Å². The number of carbonyl (C=O) groups is 1. The van der Waals surface area contributed by atoms with E-state index >= 15 is 0 Å². The third-order valence-corrected chi connectivity index (χ3v) is 3.94. The van der Waals surface area contributed by atoms with Crippen molar-refractivity contribution in [2.24, 2.45) is 5.73 Å². The van der Waals surface area contributed by atoms with E-state index in [1.54, 1.807) is 36.4 Å². The van der Waals surface area contributed by atoms with Crippen molar-refractivity contribution in [1.82, 2.24) is 0 Å². The van der Waals surface area contributed by atoms with Crippen molar-refractivity contribution in [3.05, 3.63) is 58.6 Å². The van der Waals surface area contributed by atoms with Gasteiger partial charge in [-0.2, -0.15) is 18.2 Å². The summed E-state index contributed by atoms with van der Waals surface area (Å²) >= 11 is 6.02. The third-order valence-electron chi connectivity index (χ3n) is 3.70. The average molecular weight is 392 g/mol. The van der Waals surface area contributed by atoms with Crippen LogP contribution in [0.3, 0.4) is 0 Å². The molecular weight excluding hydrogens is 379 g/mol. The molecule has 3 N–H and O–H groups in total. The first kappa shape index (κ1) is 17.4. The standard InChI is InChI=1S/C16H13ClNO3.Y/c17-9-5-6-14-11(7-9)15(16(19)20)12(8-18)10-3-1-2-4-13(10)21-14;/h2-7,12,15H,8,18H2,(H,19,20);/q-1;/t12-,15?;/m1./s1. The number of rotatable bonds is 2. The van der Waals surface area contributed by atoms with E-state index in [4.69, 9.17) is 22.1 Å². The van der Waals surface area contributed by atoms with Crippen LogP contribution in [0.2, 0.25) is 5.02 Å². The number of fused-ring (bicyclic) bond motifs is 2. The van der Waals surface area contributed by atoms with Gasteiger partial charge in [0.1, 0.15) is 5.75 Å². The third kappa shape index (κ3) is 3.06. The maximum atomic E-state index is 11.8. The molecule has 1 aliphatic heterocycles. The second kappa shape index (κ2) is 7.09. The average Bonchev–Trinajstić information content (AvgIpc) is 2.60. The van der Waals surface area contributed by atoms with Gasteiger partial charge in [0.05, 0.1) is 5.92 Å². The predicted octanol–water partition coefficient (Wildman–Crippen LogP) is 3.15. The summed E-state index contributed by atoms with van der Waals surface area (Å²) in [6.07, 6.45) is 0. The summed E-state index contributed by atoms with van der Waals surface area (Å²) in [4.78, 5) is 11.8. The van der Waals surface area contributed by atoms with Crippen molar-refractivity contribution in [1.29, 1.82) is 0 Å². The Labute approximate surface area is 158 Å². The molecule has 6 heteroatoms. The van der Waals surface area contributed by atoms with Gasteiger partial charge >= 0.3 is 5.97 Å². The number of aliphatic carboxylic acids is 1. The smallest absolute Gasteiger partial charge is 0.310 e. The largest absolute Gasteiger partial charge is 0.482 e. The van der Waals surface area contributed by atoms with E-state index in [0.717, 1.165) is 5.56 Å². The molecule has 111 valence electrons. The molecule has 0 amide bonds. The van der Waals surface area contributed by atoms with Crippen LogP contribution in [0.5, 0.6) is 11.5 Å². The number of carboxylic acids is 1. The Morgan fingerprint density at radius 2 is 2.05 bits per heavy atom. The Balaban J connectivity index is 0.00000176. The van der Waals surface area contributed by atoms with Gasteiger partial charge in [-0.15, -0.1) is 11.6 Å². The summed E-state index contributed by atoms with van der Waals surface area (Å²) in [7, 11) is 0. The van der Waals surface area contributed by atoms with Crippen molar-refractivity contribution in [2.45, 2.75) is 11.8 Å². The molecule has 0 bridgehead atoms. The molecule has 2 aromatic carbocycles. The molecule has 22 heavy (non-hydrogen) atoms. The molecule has 1 heterocycles. The van der Waals surface area contributed by atoms with Gasteiger partial charge in [-0.05, 0) is 30.7 Å². The number of nitrogens with two attached hydrogens (primary N) is 1. The van der Waals surface area contributed by atoms with Crippen molar-refractivity contribution in [3.8, 4) is 11.5 Å². The van der Waals surface area contributed by atoms with Crippen LogP contribution < -0.4 is 10.5 Å². The van der Waals surface area contributed by atoms with E-state index in [2.05, 4.69) is 6.07 Å². The van der Waals surface area contributed by atoms with E-state index in [-0.39, 0.29) is 39.3 Å². The van der Waals surface area contributed by atoms with Gasteiger partial charge < -0.3 is 15.6 Å². The van der Waals surface area contributed by atoms with E-state index in [1.807, 2.05) is 0 Å². The Kier molecular flexibility index (Phi) is 5.62. The van der Waals surface area contributed by atoms with Gasteiger partial charge in [0, 0.05) is 49.0 Å². The zero-order valence-electron chi connectivity index (χ0n) is 11.6. The molecule has 0 aromatic heterocycles. The molecular formula is C16H13ClNO3Y-. The van der Waals surface area contributed by atoms with E-state index in [9.17, 15) is 9.90 Å². The summed E-state index contributed by atoms with van der Waals surface area (Å²) < 4.78 is 5.87. The maximum absolute atomic E-state index is 11.8. The van der Waals surface area contributed by atoms with Crippen molar-refractivity contribution < 1.29 is 47.3 Å². The first-order valence-corrected chi connectivity index (χ1v) is 6.89. The molecule has 3 rings (SSSR count). The van der Waals surface area contributed by atoms with Crippen molar-refractivity contribution in [2.75, 3.05) is 6.54 Å². The molecule has 2 atom stereocenters. The number of carboxylic acid groups (broad SMARTS) is 1. The summed E-state index contributed by atoms with van der Waals surface area (Å²) in [5.41, 5.74) is 7.14. The SMILES string of the molecule is NC[C@@H]1c2c[c-]ccc2Oc2ccc(Cl)cc2C1C(=O)O.[Y]. The Hall–Kier alpha value is -0.936. The predicted molar refractivity (Wildman–Crippen MR) is 79.0 cm³/mol. The normalized spacial score (nSPS) is 19.0. The molecule has 0 spiro atoms. The van der Waals surface area contributed by atoms with Crippen LogP contribution in [0.4, 0.5) is 0 Å². The molecule has 0 aliphatic carbocycles. The molecule has 1 aliphatic rings. The maximum Gasteiger partial charge on any atom is 0.310 e. The van der Waals surface area contributed by atoms with Crippen LogP contribution in [0, 0.1) is 6.07 Å². The molecule has 4 nitrogen and oxygen atoms in total. The van der Waals surface area contributed by atoms with Gasteiger partial charge in [-0.3, -0.25) is 4.79 Å². The van der Waals surface area contributed by atoms with Crippen LogP contribution in [0.15, 0.2) is 36.4 Å². The first-order valence-electron chi connectivity index (χ1n) is 6.52. The number of hydrogen-bond acceptors (Lipinski definition) is 3. The topological polar surface area (TPSA) is 72.5 Å². The Morgan fingerprint density at radius 3 is 2.73 bits per heavy atom. The Morgan fingerprint density at radius 1 is 1.32 bits per heavy atom. The van der Waals surface area contributed by atoms with Crippen molar-refractivity contribution >= 4 is 17.6 Å². The molecule has 2 aromatic rings. The molecule has 0 saturated carbocycles.